The number of hydrogen-bond acceptors (Lipinski definition) is 7. The van der Waals surface area contributed by atoms with Crippen LogP contribution in [0, 0.1) is 0 Å². The van der Waals surface area contributed by atoms with Crippen LogP contribution in [0.15, 0.2) is 58.7 Å². The lowest BCUT2D eigenvalue weighted by Crippen LogP contribution is -2.51. The van der Waals surface area contributed by atoms with E-state index in [2.05, 4.69) is 4.98 Å². The first kappa shape index (κ1) is 27.1. The molecule has 0 radical (unpaired) electrons. The van der Waals surface area contributed by atoms with E-state index in [9.17, 15) is 17.6 Å². The number of halogens is 1. The summed E-state index contributed by atoms with van der Waals surface area (Å²) in [6.45, 7) is 6.13. The van der Waals surface area contributed by atoms with Crippen LogP contribution in [0.1, 0.15) is 58.4 Å². The number of hydrogen-bond donors (Lipinski definition) is 0. The number of benzene rings is 1. The number of rotatable bonds is 7. The van der Waals surface area contributed by atoms with Crippen LogP contribution >= 0.6 is 0 Å². The maximum atomic E-state index is 14.6. The summed E-state index contributed by atoms with van der Waals surface area (Å²) in [5, 5.41) is -1.25. The fraction of sp³-hybridized carbons (Fsp3) is 0.481. The molecule has 1 aromatic carbocycles. The summed E-state index contributed by atoms with van der Waals surface area (Å²) >= 11 is 0. The lowest BCUT2D eigenvalue weighted by atomic mass is 9.91. The van der Waals surface area contributed by atoms with Gasteiger partial charge in [0.25, 0.3) is 0 Å². The molecule has 1 aromatic heterocycles. The minimum Gasteiger partial charge on any atom is -0.474 e. The average molecular weight is 533 g/mol. The topological polar surface area (TPSA) is 95.0 Å². The first-order valence-electron chi connectivity index (χ1n) is 12.5. The Balaban J connectivity index is 1.32. The van der Waals surface area contributed by atoms with Crippen LogP contribution in [0.25, 0.3) is 6.08 Å². The van der Waals surface area contributed by atoms with Crippen molar-refractivity contribution >= 4 is 22.0 Å². The van der Waals surface area contributed by atoms with Gasteiger partial charge in [-0.1, -0.05) is 18.2 Å². The van der Waals surface area contributed by atoms with Gasteiger partial charge in [-0.05, 0) is 69.9 Å². The number of aromatic nitrogens is 1. The molecule has 37 heavy (non-hydrogen) atoms. The van der Waals surface area contributed by atoms with Gasteiger partial charge in [-0.3, -0.25) is 4.90 Å². The number of carbonyl (C=O) groups excluding carboxylic acids is 1. The molecule has 0 bridgehead atoms. The minimum absolute atomic E-state index is 0.0606. The summed E-state index contributed by atoms with van der Waals surface area (Å²) < 4.78 is 57.2. The molecule has 1 saturated carbocycles. The zero-order chi connectivity index (χ0) is 26.6. The zero-order valence-electron chi connectivity index (χ0n) is 21.3. The third-order valence-corrected chi connectivity index (χ3v) is 7.64. The molecular weight excluding hydrogens is 499 g/mol. The SMILES string of the molecule is CC(C)(C)OC(=O)N1CCCCC1OC1CC(Oc2cc(C=C(F)S(=O)(=O)c3ccccc3)ccn2)C1. The Morgan fingerprint density at radius 3 is 2.54 bits per heavy atom. The van der Waals surface area contributed by atoms with Gasteiger partial charge in [0.2, 0.25) is 20.9 Å². The van der Waals surface area contributed by atoms with Crippen LogP contribution in [0.3, 0.4) is 0 Å². The van der Waals surface area contributed by atoms with E-state index in [1.165, 1.54) is 42.6 Å². The zero-order valence-corrected chi connectivity index (χ0v) is 22.1. The molecule has 2 aliphatic rings. The van der Waals surface area contributed by atoms with Gasteiger partial charge >= 0.3 is 6.09 Å². The number of carbonyl (C=O) groups is 1. The lowest BCUT2D eigenvalue weighted by molar-refractivity contribution is -0.154. The summed E-state index contributed by atoms with van der Waals surface area (Å²) in [5.41, 5.74) is -0.246. The first-order valence-corrected chi connectivity index (χ1v) is 13.9. The summed E-state index contributed by atoms with van der Waals surface area (Å²) in [6, 6.07) is 10.4. The summed E-state index contributed by atoms with van der Waals surface area (Å²) in [6.07, 6.45) is 5.41. The van der Waals surface area contributed by atoms with Gasteiger partial charge < -0.3 is 14.2 Å². The molecule has 1 saturated heterocycles. The van der Waals surface area contributed by atoms with Gasteiger partial charge in [-0.25, -0.2) is 18.2 Å². The summed E-state index contributed by atoms with van der Waals surface area (Å²) in [4.78, 5) is 18.3. The Morgan fingerprint density at radius 1 is 1.11 bits per heavy atom. The van der Waals surface area contributed by atoms with E-state index in [1.807, 2.05) is 20.8 Å². The molecule has 10 heteroatoms. The molecule has 1 amide bonds. The predicted octanol–water partition coefficient (Wildman–Crippen LogP) is 5.50. The molecule has 8 nitrogen and oxygen atoms in total. The molecule has 2 fully saturated rings. The minimum atomic E-state index is -4.23. The van der Waals surface area contributed by atoms with Crippen molar-refractivity contribution in [3.63, 3.8) is 0 Å². The first-order chi connectivity index (χ1) is 17.5. The van der Waals surface area contributed by atoms with Crippen molar-refractivity contribution < 1.29 is 31.8 Å². The van der Waals surface area contributed by atoms with E-state index >= 15 is 0 Å². The third kappa shape index (κ3) is 7.07. The molecule has 1 unspecified atom stereocenters. The summed E-state index contributed by atoms with van der Waals surface area (Å²) in [7, 11) is -4.23. The van der Waals surface area contributed by atoms with Crippen molar-refractivity contribution in [2.75, 3.05) is 6.54 Å². The molecule has 0 spiro atoms. The van der Waals surface area contributed by atoms with Crippen LogP contribution in [-0.4, -0.2) is 55.0 Å². The maximum absolute atomic E-state index is 14.6. The highest BCUT2D eigenvalue weighted by atomic mass is 32.2. The van der Waals surface area contributed by atoms with Gasteiger partial charge in [0.15, 0.2) is 0 Å². The normalized spacial score (nSPS) is 22.8. The smallest absolute Gasteiger partial charge is 0.412 e. The van der Waals surface area contributed by atoms with Gasteiger partial charge in [-0.2, -0.15) is 4.39 Å². The average Bonchev–Trinajstić information content (AvgIpc) is 2.82. The number of piperidine rings is 1. The third-order valence-electron chi connectivity index (χ3n) is 6.11. The second-order valence-electron chi connectivity index (χ2n) is 10.3. The molecule has 2 aromatic rings. The molecule has 4 rings (SSSR count). The van der Waals surface area contributed by atoms with Crippen molar-refractivity contribution in [2.45, 2.75) is 81.8 Å². The van der Waals surface area contributed by atoms with Crippen LogP contribution in [0.5, 0.6) is 5.88 Å². The Hall–Kier alpha value is -2.98. The quantitative estimate of drug-likeness (QED) is 0.465. The lowest BCUT2D eigenvalue weighted by Gasteiger charge is -2.42. The standard InChI is InChI=1S/C27H33FN2O6S/c1-27(2,3)36-26(31)30-14-8-7-11-25(30)35-21-17-20(18-21)34-24-16-19(12-13-29-24)15-23(28)37(32,33)22-9-5-4-6-10-22/h4-6,9-10,12-13,15-16,20-21,25H,7-8,11,14,17-18H2,1-3H3. The second kappa shape index (κ2) is 11.2. The van der Waals surface area contributed by atoms with Gasteiger partial charge in [-0.15, -0.1) is 0 Å². The molecule has 2 heterocycles. The number of sulfone groups is 1. The Bertz CT molecular complexity index is 1220. The Kier molecular flexibility index (Phi) is 8.18. The maximum Gasteiger partial charge on any atom is 0.412 e. The van der Waals surface area contributed by atoms with Crippen molar-refractivity contribution in [1.29, 1.82) is 0 Å². The van der Waals surface area contributed by atoms with E-state index in [0.29, 0.717) is 24.9 Å². The number of ether oxygens (including phenoxy) is 3. The Labute approximate surface area is 217 Å². The molecule has 1 atom stereocenters. The largest absolute Gasteiger partial charge is 0.474 e. The molecule has 0 N–H and O–H groups in total. The van der Waals surface area contributed by atoms with Gasteiger partial charge in [0.1, 0.15) is 17.9 Å². The van der Waals surface area contributed by atoms with Gasteiger partial charge in [0.05, 0.1) is 11.0 Å². The van der Waals surface area contributed by atoms with Crippen LogP contribution < -0.4 is 4.74 Å². The highest BCUT2D eigenvalue weighted by Gasteiger charge is 2.38. The van der Waals surface area contributed by atoms with Crippen molar-refractivity contribution in [2.24, 2.45) is 0 Å². The van der Waals surface area contributed by atoms with Crippen LogP contribution in [0.4, 0.5) is 9.18 Å². The van der Waals surface area contributed by atoms with E-state index in [4.69, 9.17) is 14.2 Å². The molecule has 200 valence electrons. The van der Waals surface area contributed by atoms with Crippen molar-refractivity contribution in [1.82, 2.24) is 9.88 Å². The molecule has 1 aliphatic carbocycles. The molecular formula is C27H33FN2O6S. The van der Waals surface area contributed by atoms with Gasteiger partial charge in [0, 0.05) is 31.6 Å². The van der Waals surface area contributed by atoms with E-state index in [0.717, 1.165) is 25.3 Å². The summed E-state index contributed by atoms with van der Waals surface area (Å²) in [5.74, 6) is 0.273. The number of amides is 1. The Morgan fingerprint density at radius 2 is 1.84 bits per heavy atom. The van der Waals surface area contributed by atoms with E-state index < -0.39 is 20.6 Å². The second-order valence-corrected chi connectivity index (χ2v) is 12.2. The van der Waals surface area contributed by atoms with E-state index in [-0.39, 0.29) is 35.3 Å². The predicted molar refractivity (Wildman–Crippen MR) is 136 cm³/mol. The monoisotopic (exact) mass is 532 g/mol. The fourth-order valence-electron chi connectivity index (χ4n) is 4.19. The number of pyridine rings is 1. The highest BCUT2D eigenvalue weighted by molar-refractivity contribution is 7.95. The highest BCUT2D eigenvalue weighted by Crippen LogP contribution is 2.32. The van der Waals surface area contributed by atoms with Crippen LogP contribution in [0.2, 0.25) is 0 Å². The van der Waals surface area contributed by atoms with Crippen molar-refractivity contribution in [3.8, 4) is 5.88 Å². The van der Waals surface area contributed by atoms with E-state index in [1.54, 1.807) is 11.0 Å². The van der Waals surface area contributed by atoms with Crippen molar-refractivity contribution in [3.05, 3.63) is 59.4 Å². The molecule has 1 aliphatic heterocycles. The fourth-order valence-corrected chi connectivity index (χ4v) is 5.22. The number of likely N-dealkylation sites (tertiary alicyclic amines) is 1. The number of nitrogens with zero attached hydrogens (tertiary/aromatic N) is 2. The van der Waals surface area contributed by atoms with Crippen LogP contribution in [-0.2, 0) is 19.3 Å².